The molecular formula is C12H12N4OS. The molecule has 3 aromatic rings. The van der Waals surface area contributed by atoms with E-state index in [4.69, 9.17) is 0 Å². The van der Waals surface area contributed by atoms with Crippen molar-refractivity contribution in [3.8, 4) is 0 Å². The quantitative estimate of drug-likeness (QED) is 0.718. The highest BCUT2D eigenvalue weighted by molar-refractivity contribution is 7.09. The van der Waals surface area contributed by atoms with Crippen molar-refractivity contribution in [1.29, 1.82) is 0 Å². The van der Waals surface area contributed by atoms with Crippen molar-refractivity contribution in [2.75, 3.05) is 0 Å². The fourth-order valence-electron chi connectivity index (χ4n) is 1.83. The second-order valence-electron chi connectivity index (χ2n) is 3.98. The van der Waals surface area contributed by atoms with Crippen LogP contribution in [0.2, 0.25) is 0 Å². The maximum absolute atomic E-state index is 12.1. The van der Waals surface area contributed by atoms with Crippen molar-refractivity contribution >= 4 is 16.9 Å². The summed E-state index contributed by atoms with van der Waals surface area (Å²) in [6, 6.07) is 3.62. The Hall–Kier alpha value is -1.95. The normalized spacial score (nSPS) is 11.2. The molecule has 5 nitrogen and oxygen atoms in total. The third-order valence-corrected chi connectivity index (χ3v) is 3.80. The third kappa shape index (κ3) is 1.84. The molecule has 0 aromatic carbocycles. The van der Waals surface area contributed by atoms with Crippen LogP contribution >= 0.6 is 11.3 Å². The van der Waals surface area contributed by atoms with E-state index >= 15 is 0 Å². The molecule has 0 spiro atoms. The summed E-state index contributed by atoms with van der Waals surface area (Å²) in [7, 11) is 0. The molecule has 18 heavy (non-hydrogen) atoms. The molecule has 0 aliphatic heterocycles. The average molecular weight is 260 g/mol. The number of fused-ring (bicyclic) bond motifs is 1. The van der Waals surface area contributed by atoms with Crippen LogP contribution in [0.4, 0.5) is 0 Å². The minimum absolute atomic E-state index is 0.0893. The van der Waals surface area contributed by atoms with Gasteiger partial charge in [-0.15, -0.1) is 11.3 Å². The van der Waals surface area contributed by atoms with Gasteiger partial charge in [-0.1, -0.05) is 6.92 Å². The minimum Gasteiger partial charge on any atom is -0.301 e. The van der Waals surface area contributed by atoms with Crippen LogP contribution in [0, 0.1) is 0 Å². The summed E-state index contributed by atoms with van der Waals surface area (Å²) < 4.78 is 3.17. The molecule has 0 N–H and O–H groups in total. The van der Waals surface area contributed by atoms with Crippen molar-refractivity contribution < 1.29 is 0 Å². The van der Waals surface area contributed by atoms with Crippen molar-refractivity contribution in [1.82, 2.24) is 19.2 Å². The first kappa shape index (κ1) is 11.2. The van der Waals surface area contributed by atoms with E-state index in [9.17, 15) is 4.79 Å². The predicted octanol–water partition coefficient (Wildman–Crippen LogP) is 1.56. The molecule has 0 aliphatic rings. The summed E-state index contributed by atoms with van der Waals surface area (Å²) in [4.78, 5) is 16.6. The molecule has 0 amide bonds. The number of nitrogens with zero attached hydrogens (tertiary/aromatic N) is 4. The lowest BCUT2D eigenvalue weighted by Crippen LogP contribution is -2.24. The molecule has 0 unspecified atom stereocenters. The van der Waals surface area contributed by atoms with Crippen LogP contribution in [0.5, 0.6) is 0 Å². The molecule has 92 valence electrons. The second kappa shape index (κ2) is 4.38. The molecule has 3 rings (SSSR count). The van der Waals surface area contributed by atoms with Crippen molar-refractivity contribution in [3.05, 3.63) is 51.1 Å². The smallest absolute Gasteiger partial charge is 0.291 e. The lowest BCUT2D eigenvalue weighted by atomic mass is 10.4. The first-order valence-corrected chi connectivity index (χ1v) is 6.62. The fraction of sp³-hybridized carbons (Fsp3) is 0.250. The standard InChI is InChI=1S/C12H12N4OS/c1-2-11-14-9(7-18-11)6-16-12(17)10-4-3-5-15(10)8-13-16/h3-5,7-8H,2,6H2,1H3. The Kier molecular flexibility index (Phi) is 2.71. The van der Waals surface area contributed by atoms with Crippen LogP contribution in [-0.4, -0.2) is 19.2 Å². The SMILES string of the molecule is CCc1nc(Cn2ncn3cccc3c2=O)cs1. The van der Waals surface area contributed by atoms with E-state index in [0.717, 1.165) is 17.1 Å². The minimum atomic E-state index is -0.0893. The van der Waals surface area contributed by atoms with Crippen LogP contribution in [0.3, 0.4) is 0 Å². The summed E-state index contributed by atoms with van der Waals surface area (Å²) in [6.07, 6.45) is 4.38. The summed E-state index contributed by atoms with van der Waals surface area (Å²) in [6.45, 7) is 2.50. The first-order valence-electron chi connectivity index (χ1n) is 5.74. The van der Waals surface area contributed by atoms with Gasteiger partial charge in [-0.05, 0) is 18.6 Å². The molecule has 0 atom stereocenters. The van der Waals surface area contributed by atoms with Crippen LogP contribution in [0.1, 0.15) is 17.6 Å². The zero-order valence-electron chi connectivity index (χ0n) is 9.91. The number of aryl methyl sites for hydroxylation is 1. The fourth-order valence-corrected chi connectivity index (χ4v) is 2.56. The maximum atomic E-state index is 12.1. The summed E-state index contributed by atoms with van der Waals surface area (Å²) in [5, 5.41) is 7.21. The van der Waals surface area contributed by atoms with Gasteiger partial charge >= 0.3 is 0 Å². The monoisotopic (exact) mass is 260 g/mol. The van der Waals surface area contributed by atoms with Gasteiger partial charge in [0.05, 0.1) is 17.2 Å². The molecule has 3 aromatic heterocycles. The van der Waals surface area contributed by atoms with Gasteiger partial charge in [-0.2, -0.15) is 5.10 Å². The summed E-state index contributed by atoms with van der Waals surface area (Å²) in [5.74, 6) is 0. The van der Waals surface area contributed by atoms with Crippen LogP contribution in [0.15, 0.2) is 34.8 Å². The zero-order valence-corrected chi connectivity index (χ0v) is 10.7. The van der Waals surface area contributed by atoms with Crippen LogP contribution < -0.4 is 5.56 Å². The molecule has 3 heterocycles. The highest BCUT2D eigenvalue weighted by Crippen LogP contribution is 2.10. The van der Waals surface area contributed by atoms with Crippen LogP contribution in [0.25, 0.3) is 5.52 Å². The number of rotatable bonds is 3. The lowest BCUT2D eigenvalue weighted by Gasteiger charge is -2.02. The molecule has 0 radical (unpaired) electrons. The largest absolute Gasteiger partial charge is 0.301 e. The summed E-state index contributed by atoms with van der Waals surface area (Å²) >= 11 is 1.62. The Labute approximate surface area is 107 Å². The number of hydrogen-bond acceptors (Lipinski definition) is 4. The molecule has 0 saturated heterocycles. The number of hydrogen-bond donors (Lipinski definition) is 0. The highest BCUT2D eigenvalue weighted by Gasteiger charge is 2.06. The molecule has 0 aliphatic carbocycles. The van der Waals surface area contributed by atoms with Crippen molar-refractivity contribution in [2.45, 2.75) is 19.9 Å². The zero-order chi connectivity index (χ0) is 12.5. The van der Waals surface area contributed by atoms with E-state index in [1.54, 1.807) is 28.1 Å². The maximum Gasteiger partial charge on any atom is 0.291 e. The Bertz CT molecular complexity index is 740. The number of aromatic nitrogens is 4. The van der Waals surface area contributed by atoms with E-state index < -0.39 is 0 Å². The predicted molar refractivity (Wildman–Crippen MR) is 70.0 cm³/mol. The molecule has 0 saturated carbocycles. The van der Waals surface area contributed by atoms with Gasteiger partial charge in [-0.3, -0.25) is 4.79 Å². The Balaban J connectivity index is 1.99. The second-order valence-corrected chi connectivity index (χ2v) is 4.92. The van der Waals surface area contributed by atoms with E-state index in [-0.39, 0.29) is 5.56 Å². The van der Waals surface area contributed by atoms with E-state index in [1.165, 1.54) is 4.68 Å². The lowest BCUT2D eigenvalue weighted by molar-refractivity contribution is 0.619. The molecular weight excluding hydrogens is 248 g/mol. The van der Waals surface area contributed by atoms with Gasteiger partial charge in [0.2, 0.25) is 0 Å². The van der Waals surface area contributed by atoms with Gasteiger partial charge in [0.25, 0.3) is 5.56 Å². The van der Waals surface area contributed by atoms with E-state index in [2.05, 4.69) is 17.0 Å². The first-order chi connectivity index (χ1) is 8.78. The Morgan fingerprint density at radius 3 is 3.11 bits per heavy atom. The van der Waals surface area contributed by atoms with E-state index in [1.807, 2.05) is 17.6 Å². The van der Waals surface area contributed by atoms with Gasteiger partial charge in [0.15, 0.2) is 0 Å². The third-order valence-electron chi connectivity index (χ3n) is 2.76. The van der Waals surface area contributed by atoms with E-state index in [0.29, 0.717) is 12.1 Å². The average Bonchev–Trinajstić information content (AvgIpc) is 3.01. The van der Waals surface area contributed by atoms with Crippen molar-refractivity contribution in [2.24, 2.45) is 0 Å². The Morgan fingerprint density at radius 1 is 1.44 bits per heavy atom. The van der Waals surface area contributed by atoms with Gasteiger partial charge in [0, 0.05) is 11.6 Å². The van der Waals surface area contributed by atoms with Gasteiger partial charge in [0.1, 0.15) is 11.8 Å². The Morgan fingerprint density at radius 2 is 2.33 bits per heavy atom. The molecule has 6 heteroatoms. The summed E-state index contributed by atoms with van der Waals surface area (Å²) in [5.41, 5.74) is 1.44. The molecule has 0 fully saturated rings. The van der Waals surface area contributed by atoms with Gasteiger partial charge < -0.3 is 4.40 Å². The molecule has 0 bridgehead atoms. The number of thiazole rings is 1. The topological polar surface area (TPSA) is 52.2 Å². The van der Waals surface area contributed by atoms with Crippen molar-refractivity contribution in [3.63, 3.8) is 0 Å². The van der Waals surface area contributed by atoms with Gasteiger partial charge in [-0.25, -0.2) is 9.67 Å². The van der Waals surface area contributed by atoms with Crippen LogP contribution in [-0.2, 0) is 13.0 Å². The highest BCUT2D eigenvalue weighted by atomic mass is 32.1.